The van der Waals surface area contributed by atoms with Crippen LogP contribution in [0.3, 0.4) is 0 Å². The van der Waals surface area contributed by atoms with E-state index >= 15 is 0 Å². The van der Waals surface area contributed by atoms with Gasteiger partial charge in [0, 0.05) is 12.6 Å². The molecule has 10 heavy (non-hydrogen) atoms. The molecule has 3 heteroatoms. The second-order valence-corrected chi connectivity index (χ2v) is 3.16. The van der Waals surface area contributed by atoms with E-state index in [1.165, 1.54) is 0 Å². The number of aliphatic hydroxyl groups is 2. The second-order valence-electron chi connectivity index (χ2n) is 3.16. The third kappa shape index (κ3) is 1.48. The average molecular weight is 145 g/mol. The largest absolute Gasteiger partial charge is 0.390 e. The van der Waals surface area contributed by atoms with Gasteiger partial charge >= 0.3 is 0 Å². The molecule has 1 aliphatic rings. The van der Waals surface area contributed by atoms with E-state index in [-0.39, 0.29) is 0 Å². The molecule has 1 rings (SSSR count). The maximum Gasteiger partial charge on any atom is 0.0926 e. The predicted octanol–water partition coefficient (Wildman–Crippen LogP) is -0.568. The van der Waals surface area contributed by atoms with E-state index in [1.807, 2.05) is 7.05 Å². The number of β-amino-alcohol motifs (C(OH)–C–C–N with tert-alkyl or cyclic N) is 1. The van der Waals surface area contributed by atoms with Gasteiger partial charge in [-0.2, -0.15) is 0 Å². The van der Waals surface area contributed by atoms with Crippen LogP contribution in [0.25, 0.3) is 0 Å². The molecule has 1 saturated heterocycles. The van der Waals surface area contributed by atoms with Crippen molar-refractivity contribution in [2.75, 3.05) is 13.6 Å². The molecule has 0 amide bonds. The topological polar surface area (TPSA) is 43.7 Å². The van der Waals surface area contributed by atoms with Crippen LogP contribution in [0.2, 0.25) is 0 Å². The number of hydrogen-bond acceptors (Lipinski definition) is 3. The molecule has 3 unspecified atom stereocenters. The number of aliphatic hydroxyl groups excluding tert-OH is 2. The lowest BCUT2D eigenvalue weighted by Crippen LogP contribution is -2.49. The van der Waals surface area contributed by atoms with Gasteiger partial charge in [-0.25, -0.2) is 0 Å². The van der Waals surface area contributed by atoms with E-state index in [2.05, 4.69) is 11.8 Å². The maximum absolute atomic E-state index is 9.19. The molecule has 0 aliphatic carbocycles. The van der Waals surface area contributed by atoms with E-state index in [1.54, 1.807) is 0 Å². The first-order valence-corrected chi connectivity index (χ1v) is 3.67. The molecule has 60 valence electrons. The Labute approximate surface area is 61.3 Å². The number of hydrogen-bond donors (Lipinski definition) is 2. The summed E-state index contributed by atoms with van der Waals surface area (Å²) >= 11 is 0. The Balaban J connectivity index is 2.46. The summed E-state index contributed by atoms with van der Waals surface area (Å²) in [4.78, 5) is 2.05. The van der Waals surface area contributed by atoms with Crippen molar-refractivity contribution in [2.45, 2.75) is 31.6 Å². The van der Waals surface area contributed by atoms with Gasteiger partial charge in [-0.1, -0.05) is 0 Å². The molecule has 3 atom stereocenters. The molecule has 3 nitrogen and oxygen atoms in total. The van der Waals surface area contributed by atoms with Gasteiger partial charge in [-0.15, -0.1) is 0 Å². The number of likely N-dealkylation sites (N-methyl/N-ethyl adjacent to an activating group) is 1. The molecule has 1 fully saturated rings. The van der Waals surface area contributed by atoms with Crippen LogP contribution in [-0.4, -0.2) is 47.0 Å². The highest BCUT2D eigenvalue weighted by atomic mass is 16.3. The van der Waals surface area contributed by atoms with Crippen LogP contribution in [0.15, 0.2) is 0 Å². The van der Waals surface area contributed by atoms with Crippen LogP contribution in [0.1, 0.15) is 13.3 Å². The normalized spacial score (nSPS) is 43.8. The molecule has 0 aromatic rings. The third-order valence-electron chi connectivity index (χ3n) is 2.25. The first kappa shape index (κ1) is 7.98. The quantitative estimate of drug-likeness (QED) is 0.480. The minimum atomic E-state index is -0.554. The second kappa shape index (κ2) is 2.86. The van der Waals surface area contributed by atoms with Gasteiger partial charge in [0.2, 0.25) is 0 Å². The number of rotatable bonds is 0. The van der Waals surface area contributed by atoms with Crippen LogP contribution in [0.5, 0.6) is 0 Å². The molecule has 0 aromatic heterocycles. The maximum atomic E-state index is 9.19. The van der Waals surface area contributed by atoms with Gasteiger partial charge in [-0.05, 0) is 20.4 Å². The Morgan fingerprint density at radius 1 is 1.30 bits per heavy atom. The molecular formula is C7H15NO2. The van der Waals surface area contributed by atoms with Crippen LogP contribution >= 0.6 is 0 Å². The molecular weight excluding hydrogens is 130 g/mol. The molecule has 0 radical (unpaired) electrons. The van der Waals surface area contributed by atoms with Gasteiger partial charge < -0.3 is 15.1 Å². The standard InChI is InChI=1S/C7H15NO2/c1-5-3-6(9)7(10)4-8(5)2/h5-7,9-10H,3-4H2,1-2H3. The van der Waals surface area contributed by atoms with Gasteiger partial charge in [0.05, 0.1) is 12.2 Å². The van der Waals surface area contributed by atoms with Gasteiger partial charge in [0.1, 0.15) is 0 Å². The zero-order valence-corrected chi connectivity index (χ0v) is 6.49. The lowest BCUT2D eigenvalue weighted by Gasteiger charge is -2.36. The fourth-order valence-corrected chi connectivity index (χ4v) is 1.28. The van der Waals surface area contributed by atoms with Crippen molar-refractivity contribution in [1.82, 2.24) is 4.90 Å². The summed E-state index contributed by atoms with van der Waals surface area (Å²) in [5.74, 6) is 0. The van der Waals surface area contributed by atoms with E-state index in [0.29, 0.717) is 19.0 Å². The van der Waals surface area contributed by atoms with E-state index in [4.69, 9.17) is 0 Å². The molecule has 0 aromatic carbocycles. The molecule has 0 spiro atoms. The van der Waals surface area contributed by atoms with Gasteiger partial charge in [0.25, 0.3) is 0 Å². The Morgan fingerprint density at radius 2 is 1.90 bits per heavy atom. The van der Waals surface area contributed by atoms with Crippen molar-refractivity contribution >= 4 is 0 Å². The molecule has 1 aliphatic heterocycles. The molecule has 0 bridgehead atoms. The fourth-order valence-electron chi connectivity index (χ4n) is 1.28. The summed E-state index contributed by atoms with van der Waals surface area (Å²) in [5, 5.41) is 18.4. The Hall–Kier alpha value is -0.120. The predicted molar refractivity (Wildman–Crippen MR) is 38.7 cm³/mol. The number of nitrogens with zero attached hydrogens (tertiary/aromatic N) is 1. The van der Waals surface area contributed by atoms with Gasteiger partial charge in [-0.3, -0.25) is 0 Å². The zero-order valence-electron chi connectivity index (χ0n) is 6.49. The SMILES string of the molecule is CC1CC(O)C(O)CN1C. The van der Waals surface area contributed by atoms with Crippen molar-refractivity contribution in [3.8, 4) is 0 Å². The lowest BCUT2D eigenvalue weighted by molar-refractivity contribution is -0.0498. The van der Waals surface area contributed by atoms with Crippen molar-refractivity contribution in [3.05, 3.63) is 0 Å². The Morgan fingerprint density at radius 3 is 2.40 bits per heavy atom. The summed E-state index contributed by atoms with van der Waals surface area (Å²) in [7, 11) is 1.96. The average Bonchev–Trinajstić information content (AvgIpc) is 1.84. The van der Waals surface area contributed by atoms with Crippen molar-refractivity contribution in [3.63, 3.8) is 0 Å². The summed E-state index contributed by atoms with van der Waals surface area (Å²) in [6, 6.07) is 0.387. The van der Waals surface area contributed by atoms with Crippen molar-refractivity contribution in [1.29, 1.82) is 0 Å². The summed E-state index contributed by atoms with van der Waals surface area (Å²) in [6.07, 6.45) is -0.398. The highest BCUT2D eigenvalue weighted by Crippen LogP contribution is 2.15. The van der Waals surface area contributed by atoms with Crippen LogP contribution in [0.4, 0.5) is 0 Å². The van der Waals surface area contributed by atoms with Crippen LogP contribution < -0.4 is 0 Å². The summed E-state index contributed by atoms with van der Waals surface area (Å²) in [6.45, 7) is 2.64. The number of likely N-dealkylation sites (tertiary alicyclic amines) is 1. The summed E-state index contributed by atoms with van der Waals surface area (Å²) < 4.78 is 0. The minimum Gasteiger partial charge on any atom is -0.390 e. The number of piperidine rings is 1. The van der Waals surface area contributed by atoms with E-state index in [9.17, 15) is 10.2 Å². The van der Waals surface area contributed by atoms with Crippen LogP contribution in [0, 0.1) is 0 Å². The van der Waals surface area contributed by atoms with Crippen molar-refractivity contribution < 1.29 is 10.2 Å². The third-order valence-corrected chi connectivity index (χ3v) is 2.25. The van der Waals surface area contributed by atoms with E-state index in [0.717, 1.165) is 0 Å². The smallest absolute Gasteiger partial charge is 0.0926 e. The lowest BCUT2D eigenvalue weighted by atomic mass is 9.99. The molecule has 0 saturated carbocycles. The zero-order chi connectivity index (χ0) is 7.72. The highest BCUT2D eigenvalue weighted by molar-refractivity contribution is 4.82. The first-order valence-electron chi connectivity index (χ1n) is 3.67. The van der Waals surface area contributed by atoms with Crippen molar-refractivity contribution in [2.24, 2.45) is 0 Å². The monoisotopic (exact) mass is 145 g/mol. The summed E-state index contributed by atoms with van der Waals surface area (Å²) in [5.41, 5.74) is 0. The minimum absolute atomic E-state index is 0.387. The first-order chi connectivity index (χ1) is 4.61. The van der Waals surface area contributed by atoms with Gasteiger partial charge in [0.15, 0.2) is 0 Å². The highest BCUT2D eigenvalue weighted by Gasteiger charge is 2.28. The van der Waals surface area contributed by atoms with E-state index < -0.39 is 12.2 Å². The Kier molecular flexibility index (Phi) is 2.28. The Bertz CT molecular complexity index is 92.2. The molecule has 1 heterocycles. The molecule has 2 N–H and O–H groups in total. The van der Waals surface area contributed by atoms with Crippen LogP contribution in [-0.2, 0) is 0 Å². The fraction of sp³-hybridized carbons (Fsp3) is 1.00.